The van der Waals surface area contributed by atoms with E-state index in [4.69, 9.17) is 4.74 Å². The van der Waals surface area contributed by atoms with Crippen LogP contribution in [0.2, 0.25) is 0 Å². The molecule has 0 aliphatic rings. The van der Waals surface area contributed by atoms with Gasteiger partial charge in [-0.15, -0.1) is 6.58 Å². The molecule has 1 atom stereocenters. The highest BCUT2D eigenvalue weighted by atomic mass is 16.5. The highest BCUT2D eigenvalue weighted by Gasteiger charge is 1.96. The average Bonchev–Trinajstić information content (AvgIpc) is 1.98. The van der Waals surface area contributed by atoms with Crippen LogP contribution in [-0.4, -0.2) is 13.2 Å². The Hall–Kier alpha value is -0.300. The van der Waals surface area contributed by atoms with Gasteiger partial charge in [0.1, 0.15) is 0 Å². The summed E-state index contributed by atoms with van der Waals surface area (Å²) in [6.45, 7) is 5.77. The van der Waals surface area contributed by atoms with Crippen LogP contribution in [0.3, 0.4) is 0 Å². The number of hydrogen-bond acceptors (Lipinski definition) is 1. The van der Waals surface area contributed by atoms with Gasteiger partial charge in [-0.05, 0) is 26.2 Å². The summed E-state index contributed by atoms with van der Waals surface area (Å²) in [5.41, 5.74) is 0. The summed E-state index contributed by atoms with van der Waals surface area (Å²) in [4.78, 5) is 0. The normalized spacial score (nSPS) is 13.0. The van der Waals surface area contributed by atoms with Crippen LogP contribution in [0.15, 0.2) is 12.7 Å². The molecule has 0 aromatic carbocycles. The molecule has 0 heterocycles. The van der Waals surface area contributed by atoms with Gasteiger partial charge >= 0.3 is 0 Å². The van der Waals surface area contributed by atoms with E-state index in [2.05, 4.69) is 13.5 Å². The fourth-order valence-electron chi connectivity index (χ4n) is 0.838. The van der Waals surface area contributed by atoms with E-state index in [1.807, 2.05) is 6.08 Å². The number of allylic oxidation sites excluding steroid dienone is 1. The van der Waals surface area contributed by atoms with E-state index in [1.165, 1.54) is 19.3 Å². The lowest BCUT2D eigenvalue weighted by atomic mass is 10.1. The van der Waals surface area contributed by atoms with E-state index < -0.39 is 0 Å². The van der Waals surface area contributed by atoms with Crippen LogP contribution >= 0.6 is 0 Å². The monoisotopic (exact) mass is 142 g/mol. The van der Waals surface area contributed by atoms with E-state index in [0.717, 1.165) is 6.42 Å². The Labute approximate surface area is 64.1 Å². The molecule has 1 heteroatoms. The first kappa shape index (κ1) is 9.70. The van der Waals surface area contributed by atoms with Gasteiger partial charge in [-0.25, -0.2) is 0 Å². The smallest absolute Gasteiger partial charge is 0.0543 e. The topological polar surface area (TPSA) is 9.23 Å². The molecule has 0 saturated heterocycles. The molecule has 10 heavy (non-hydrogen) atoms. The molecular weight excluding hydrogens is 124 g/mol. The zero-order valence-electron chi connectivity index (χ0n) is 7.10. The van der Waals surface area contributed by atoms with Crippen LogP contribution in [0.5, 0.6) is 0 Å². The number of rotatable bonds is 6. The van der Waals surface area contributed by atoms with Crippen molar-refractivity contribution in [1.29, 1.82) is 0 Å². The molecular formula is C9H18O. The number of methoxy groups -OCH3 is 1. The lowest BCUT2D eigenvalue weighted by molar-refractivity contribution is 0.108. The standard InChI is InChI=1S/C9H18O/c1-4-5-6-7-8-9(2)10-3/h4,9H,1,5-8H2,2-3H3/t9-/m1/s1. The van der Waals surface area contributed by atoms with Crippen molar-refractivity contribution >= 4 is 0 Å². The third kappa shape index (κ3) is 5.83. The second kappa shape index (κ2) is 6.81. The van der Waals surface area contributed by atoms with Gasteiger partial charge < -0.3 is 4.74 Å². The Bertz CT molecular complexity index is 78.8. The molecule has 0 saturated carbocycles. The zero-order valence-corrected chi connectivity index (χ0v) is 7.10. The molecule has 0 aromatic rings. The van der Waals surface area contributed by atoms with Crippen LogP contribution in [0.4, 0.5) is 0 Å². The highest BCUT2D eigenvalue weighted by molar-refractivity contribution is 4.65. The molecule has 0 spiro atoms. The van der Waals surface area contributed by atoms with E-state index >= 15 is 0 Å². The molecule has 0 rings (SSSR count). The Morgan fingerprint density at radius 3 is 2.70 bits per heavy atom. The Kier molecular flexibility index (Phi) is 6.61. The second-order valence-electron chi connectivity index (χ2n) is 2.62. The number of unbranched alkanes of at least 4 members (excludes halogenated alkanes) is 2. The first-order chi connectivity index (χ1) is 4.81. The molecule has 1 nitrogen and oxygen atoms in total. The highest BCUT2D eigenvalue weighted by Crippen LogP contribution is 2.05. The molecule has 0 N–H and O–H groups in total. The minimum absolute atomic E-state index is 0.421. The first-order valence-electron chi connectivity index (χ1n) is 3.95. The van der Waals surface area contributed by atoms with Crippen LogP contribution in [0, 0.1) is 0 Å². The predicted molar refractivity (Wildman–Crippen MR) is 45.1 cm³/mol. The predicted octanol–water partition coefficient (Wildman–Crippen LogP) is 2.77. The lowest BCUT2D eigenvalue weighted by Crippen LogP contribution is -2.03. The molecule has 0 bridgehead atoms. The minimum Gasteiger partial charge on any atom is -0.382 e. The third-order valence-electron chi connectivity index (χ3n) is 1.67. The van der Waals surface area contributed by atoms with Crippen molar-refractivity contribution in [3.63, 3.8) is 0 Å². The molecule has 0 aromatic heterocycles. The van der Waals surface area contributed by atoms with Crippen LogP contribution < -0.4 is 0 Å². The summed E-state index contributed by atoms with van der Waals surface area (Å²) in [6, 6.07) is 0. The Morgan fingerprint density at radius 2 is 2.20 bits per heavy atom. The minimum atomic E-state index is 0.421. The number of ether oxygens (including phenoxy) is 1. The van der Waals surface area contributed by atoms with Gasteiger partial charge in [0, 0.05) is 7.11 Å². The molecule has 0 radical (unpaired) electrons. The Morgan fingerprint density at radius 1 is 1.50 bits per heavy atom. The van der Waals surface area contributed by atoms with Crippen molar-refractivity contribution in [2.75, 3.05) is 7.11 Å². The summed E-state index contributed by atoms with van der Waals surface area (Å²) < 4.78 is 5.10. The van der Waals surface area contributed by atoms with Crippen molar-refractivity contribution < 1.29 is 4.74 Å². The van der Waals surface area contributed by atoms with E-state index in [9.17, 15) is 0 Å². The molecule has 0 amide bonds. The fraction of sp³-hybridized carbons (Fsp3) is 0.778. The largest absolute Gasteiger partial charge is 0.382 e. The summed E-state index contributed by atoms with van der Waals surface area (Å²) in [6.07, 6.45) is 7.20. The van der Waals surface area contributed by atoms with Gasteiger partial charge in [0.2, 0.25) is 0 Å². The lowest BCUT2D eigenvalue weighted by Gasteiger charge is -2.07. The van der Waals surface area contributed by atoms with Gasteiger partial charge in [-0.2, -0.15) is 0 Å². The van der Waals surface area contributed by atoms with E-state index in [1.54, 1.807) is 7.11 Å². The van der Waals surface area contributed by atoms with E-state index in [-0.39, 0.29) is 0 Å². The van der Waals surface area contributed by atoms with Gasteiger partial charge in [-0.3, -0.25) is 0 Å². The second-order valence-corrected chi connectivity index (χ2v) is 2.62. The Balaban J connectivity index is 2.95. The van der Waals surface area contributed by atoms with Crippen molar-refractivity contribution in [3.8, 4) is 0 Å². The molecule has 60 valence electrons. The van der Waals surface area contributed by atoms with Gasteiger partial charge in [-0.1, -0.05) is 12.5 Å². The molecule has 0 aliphatic carbocycles. The third-order valence-corrected chi connectivity index (χ3v) is 1.67. The van der Waals surface area contributed by atoms with E-state index in [0.29, 0.717) is 6.10 Å². The van der Waals surface area contributed by atoms with Crippen LogP contribution in [0.25, 0.3) is 0 Å². The SMILES string of the molecule is C=CCCCC[C@@H](C)OC. The maximum absolute atomic E-state index is 5.10. The van der Waals surface area contributed by atoms with Crippen molar-refractivity contribution in [2.45, 2.75) is 38.7 Å². The van der Waals surface area contributed by atoms with Gasteiger partial charge in [0.25, 0.3) is 0 Å². The van der Waals surface area contributed by atoms with Gasteiger partial charge in [0.15, 0.2) is 0 Å². The average molecular weight is 142 g/mol. The van der Waals surface area contributed by atoms with Crippen molar-refractivity contribution in [2.24, 2.45) is 0 Å². The fourth-order valence-corrected chi connectivity index (χ4v) is 0.838. The van der Waals surface area contributed by atoms with Crippen molar-refractivity contribution in [1.82, 2.24) is 0 Å². The van der Waals surface area contributed by atoms with Crippen LogP contribution in [-0.2, 0) is 4.74 Å². The molecule has 0 aliphatic heterocycles. The van der Waals surface area contributed by atoms with Gasteiger partial charge in [0.05, 0.1) is 6.10 Å². The molecule has 0 fully saturated rings. The first-order valence-corrected chi connectivity index (χ1v) is 3.95. The molecule has 0 unspecified atom stereocenters. The zero-order chi connectivity index (χ0) is 7.82. The maximum atomic E-state index is 5.10. The summed E-state index contributed by atoms with van der Waals surface area (Å²) >= 11 is 0. The summed E-state index contributed by atoms with van der Waals surface area (Å²) in [5.74, 6) is 0. The van der Waals surface area contributed by atoms with Crippen LogP contribution in [0.1, 0.15) is 32.6 Å². The maximum Gasteiger partial charge on any atom is 0.0543 e. The quantitative estimate of drug-likeness (QED) is 0.409. The summed E-state index contributed by atoms with van der Waals surface area (Å²) in [7, 11) is 1.76. The van der Waals surface area contributed by atoms with Crippen molar-refractivity contribution in [3.05, 3.63) is 12.7 Å². The summed E-state index contributed by atoms with van der Waals surface area (Å²) in [5, 5.41) is 0. The number of hydrogen-bond donors (Lipinski definition) is 0.